The number of halogens is 2. The SMILES string of the molecule is CC(=O)c1cccc(NC(=O)COC(=O)c2cc(-c3ccc(Cl)cc3Cl)nc3ccccc23)c1. The summed E-state index contributed by atoms with van der Waals surface area (Å²) in [5.74, 6) is -1.34. The van der Waals surface area contributed by atoms with Gasteiger partial charge in [0, 0.05) is 27.2 Å². The van der Waals surface area contributed by atoms with E-state index in [1.807, 2.05) is 0 Å². The number of fused-ring (bicyclic) bond motifs is 1. The van der Waals surface area contributed by atoms with E-state index in [1.54, 1.807) is 72.8 Å². The molecule has 0 aliphatic carbocycles. The second-order valence-electron chi connectivity index (χ2n) is 7.46. The van der Waals surface area contributed by atoms with Gasteiger partial charge in [-0.05, 0) is 49.4 Å². The molecule has 8 heteroatoms. The third kappa shape index (κ3) is 5.25. The number of pyridine rings is 1. The molecule has 0 aliphatic rings. The fourth-order valence-electron chi connectivity index (χ4n) is 3.40. The second kappa shape index (κ2) is 10.0. The fourth-order valence-corrected chi connectivity index (χ4v) is 3.91. The van der Waals surface area contributed by atoms with Crippen LogP contribution >= 0.6 is 23.2 Å². The van der Waals surface area contributed by atoms with Crippen LogP contribution in [0.1, 0.15) is 27.6 Å². The zero-order valence-corrected chi connectivity index (χ0v) is 19.5. The van der Waals surface area contributed by atoms with Gasteiger partial charge in [0.15, 0.2) is 12.4 Å². The number of ketones is 1. The van der Waals surface area contributed by atoms with Crippen LogP contribution in [0.25, 0.3) is 22.2 Å². The standard InChI is InChI=1S/C26H18Cl2N2O4/c1-15(31)16-5-4-6-18(11-16)29-25(32)14-34-26(33)21-13-24(20-10-9-17(27)12-22(20)28)30-23-8-3-2-7-19(21)23/h2-13H,14H2,1H3,(H,29,32). The maximum absolute atomic E-state index is 13.0. The largest absolute Gasteiger partial charge is 0.452 e. The molecule has 0 saturated heterocycles. The first-order chi connectivity index (χ1) is 16.3. The average Bonchev–Trinajstić information content (AvgIpc) is 2.82. The summed E-state index contributed by atoms with van der Waals surface area (Å²) < 4.78 is 5.29. The number of para-hydroxylation sites is 1. The van der Waals surface area contributed by atoms with Gasteiger partial charge in [-0.1, -0.05) is 53.5 Å². The van der Waals surface area contributed by atoms with Gasteiger partial charge in [-0.25, -0.2) is 9.78 Å². The van der Waals surface area contributed by atoms with Gasteiger partial charge in [0.2, 0.25) is 0 Å². The monoisotopic (exact) mass is 492 g/mol. The Morgan fingerprint density at radius 1 is 0.941 bits per heavy atom. The summed E-state index contributed by atoms with van der Waals surface area (Å²) in [6.45, 7) is 0.935. The van der Waals surface area contributed by atoms with Gasteiger partial charge in [-0.2, -0.15) is 0 Å². The summed E-state index contributed by atoms with van der Waals surface area (Å²) in [5.41, 5.74) is 2.79. The molecule has 0 spiro atoms. The third-order valence-electron chi connectivity index (χ3n) is 5.03. The van der Waals surface area contributed by atoms with Crippen molar-refractivity contribution in [3.05, 3.63) is 94.0 Å². The maximum atomic E-state index is 13.0. The molecule has 1 heterocycles. The van der Waals surface area contributed by atoms with Crippen molar-refractivity contribution in [1.82, 2.24) is 4.98 Å². The Morgan fingerprint density at radius 2 is 1.74 bits per heavy atom. The van der Waals surface area contributed by atoms with E-state index in [0.717, 1.165) is 0 Å². The number of benzene rings is 3. The van der Waals surface area contributed by atoms with E-state index >= 15 is 0 Å². The summed E-state index contributed by atoms with van der Waals surface area (Å²) in [7, 11) is 0. The number of Topliss-reactive ketones (excluding diaryl/α,β-unsaturated/α-hetero) is 1. The highest BCUT2D eigenvalue weighted by Gasteiger charge is 2.18. The number of hydrogen-bond donors (Lipinski definition) is 1. The lowest BCUT2D eigenvalue weighted by Gasteiger charge is -2.11. The molecule has 1 amide bonds. The molecule has 0 unspecified atom stereocenters. The number of ether oxygens (including phenoxy) is 1. The Morgan fingerprint density at radius 3 is 2.50 bits per heavy atom. The normalized spacial score (nSPS) is 10.7. The number of rotatable bonds is 6. The minimum absolute atomic E-state index is 0.122. The Bertz CT molecular complexity index is 1440. The molecule has 0 fully saturated rings. The van der Waals surface area contributed by atoms with Crippen molar-refractivity contribution >= 4 is 57.5 Å². The summed E-state index contributed by atoms with van der Waals surface area (Å²) >= 11 is 12.3. The minimum Gasteiger partial charge on any atom is -0.452 e. The highest BCUT2D eigenvalue weighted by Crippen LogP contribution is 2.32. The van der Waals surface area contributed by atoms with E-state index in [1.165, 1.54) is 6.92 Å². The number of hydrogen-bond acceptors (Lipinski definition) is 5. The zero-order valence-electron chi connectivity index (χ0n) is 18.0. The van der Waals surface area contributed by atoms with Gasteiger partial charge in [-0.15, -0.1) is 0 Å². The van der Waals surface area contributed by atoms with Crippen molar-refractivity contribution in [1.29, 1.82) is 0 Å². The van der Waals surface area contributed by atoms with Crippen LogP contribution in [0.5, 0.6) is 0 Å². The molecule has 1 aromatic heterocycles. The van der Waals surface area contributed by atoms with Crippen molar-refractivity contribution in [2.75, 3.05) is 11.9 Å². The lowest BCUT2D eigenvalue weighted by atomic mass is 10.0. The number of carbonyl (C=O) groups is 3. The highest BCUT2D eigenvalue weighted by molar-refractivity contribution is 6.36. The van der Waals surface area contributed by atoms with Crippen molar-refractivity contribution in [3.63, 3.8) is 0 Å². The number of nitrogens with one attached hydrogen (secondary N) is 1. The molecule has 3 aromatic carbocycles. The van der Waals surface area contributed by atoms with Crippen LogP contribution in [0.4, 0.5) is 5.69 Å². The Kier molecular flexibility index (Phi) is 6.91. The van der Waals surface area contributed by atoms with Gasteiger partial charge in [0.1, 0.15) is 0 Å². The number of nitrogens with zero attached hydrogens (tertiary/aromatic N) is 1. The molecule has 6 nitrogen and oxygen atoms in total. The lowest BCUT2D eigenvalue weighted by molar-refractivity contribution is -0.119. The van der Waals surface area contributed by atoms with Crippen LogP contribution in [-0.4, -0.2) is 29.3 Å². The van der Waals surface area contributed by atoms with Gasteiger partial charge in [-0.3, -0.25) is 9.59 Å². The van der Waals surface area contributed by atoms with E-state index in [9.17, 15) is 14.4 Å². The minimum atomic E-state index is -0.683. The van der Waals surface area contributed by atoms with Gasteiger partial charge in [0.05, 0.1) is 21.8 Å². The van der Waals surface area contributed by atoms with Crippen LogP contribution in [0.15, 0.2) is 72.8 Å². The predicted octanol–water partition coefficient (Wildman–Crippen LogP) is 6.21. The molecule has 0 saturated carbocycles. The molecule has 1 N–H and O–H groups in total. The van der Waals surface area contributed by atoms with Gasteiger partial charge in [0.25, 0.3) is 5.91 Å². The topological polar surface area (TPSA) is 85.4 Å². The number of aromatic nitrogens is 1. The Balaban J connectivity index is 1.56. The van der Waals surface area contributed by atoms with Crippen LogP contribution < -0.4 is 5.32 Å². The van der Waals surface area contributed by atoms with E-state index in [-0.39, 0.29) is 11.3 Å². The molecule has 0 bridgehead atoms. The maximum Gasteiger partial charge on any atom is 0.339 e. The van der Waals surface area contributed by atoms with Crippen LogP contribution in [0.2, 0.25) is 10.0 Å². The third-order valence-corrected chi connectivity index (χ3v) is 5.58. The number of amides is 1. The van der Waals surface area contributed by atoms with E-state index in [2.05, 4.69) is 10.3 Å². The summed E-state index contributed by atoms with van der Waals surface area (Å²) in [5, 5.41) is 4.07. The van der Waals surface area contributed by atoms with Crippen molar-refractivity contribution in [3.8, 4) is 11.3 Å². The highest BCUT2D eigenvalue weighted by atomic mass is 35.5. The summed E-state index contributed by atoms with van der Waals surface area (Å²) in [4.78, 5) is 41.4. The Labute approximate surface area is 205 Å². The molecule has 0 atom stereocenters. The first-order valence-electron chi connectivity index (χ1n) is 10.2. The number of anilines is 1. The lowest BCUT2D eigenvalue weighted by Crippen LogP contribution is -2.21. The van der Waals surface area contributed by atoms with Crippen molar-refractivity contribution in [2.24, 2.45) is 0 Å². The molecule has 4 rings (SSSR count). The molecule has 0 radical (unpaired) electrons. The van der Waals surface area contributed by atoms with Gasteiger partial charge >= 0.3 is 5.97 Å². The van der Waals surface area contributed by atoms with E-state index in [0.29, 0.717) is 43.5 Å². The fraction of sp³-hybridized carbons (Fsp3) is 0.0769. The molecule has 4 aromatic rings. The number of carbonyl (C=O) groups excluding carboxylic acids is 3. The molecule has 0 aliphatic heterocycles. The zero-order chi connectivity index (χ0) is 24.2. The van der Waals surface area contributed by atoms with Crippen LogP contribution in [-0.2, 0) is 9.53 Å². The van der Waals surface area contributed by atoms with Crippen LogP contribution in [0, 0.1) is 0 Å². The molecular formula is C26H18Cl2N2O4. The van der Waals surface area contributed by atoms with Crippen molar-refractivity contribution < 1.29 is 19.1 Å². The van der Waals surface area contributed by atoms with Crippen LogP contribution in [0.3, 0.4) is 0 Å². The molecule has 170 valence electrons. The van der Waals surface area contributed by atoms with E-state index < -0.39 is 18.5 Å². The summed E-state index contributed by atoms with van der Waals surface area (Å²) in [6, 6.07) is 20.2. The summed E-state index contributed by atoms with van der Waals surface area (Å²) in [6.07, 6.45) is 0. The predicted molar refractivity (Wildman–Crippen MR) is 133 cm³/mol. The Hall–Kier alpha value is -3.74. The van der Waals surface area contributed by atoms with Crippen molar-refractivity contribution in [2.45, 2.75) is 6.92 Å². The van der Waals surface area contributed by atoms with Gasteiger partial charge < -0.3 is 10.1 Å². The first-order valence-corrected chi connectivity index (χ1v) is 11.0. The first kappa shape index (κ1) is 23.4. The van der Waals surface area contributed by atoms with E-state index in [4.69, 9.17) is 27.9 Å². The average molecular weight is 493 g/mol. The molecule has 34 heavy (non-hydrogen) atoms. The quantitative estimate of drug-likeness (QED) is 0.255. The number of esters is 1. The second-order valence-corrected chi connectivity index (χ2v) is 8.30. The smallest absolute Gasteiger partial charge is 0.339 e. The molecular weight excluding hydrogens is 475 g/mol.